The maximum absolute atomic E-state index is 12.0. The Bertz CT molecular complexity index is 863. The van der Waals surface area contributed by atoms with E-state index in [9.17, 15) is 4.79 Å². The molecular weight excluding hydrogens is 394 g/mol. The number of benzene rings is 2. The van der Waals surface area contributed by atoms with Gasteiger partial charge in [-0.1, -0.05) is 39.9 Å². The van der Waals surface area contributed by atoms with Crippen LogP contribution in [0.4, 0.5) is 0 Å². The highest BCUT2D eigenvalue weighted by atomic mass is 79.9. The quantitative estimate of drug-likeness (QED) is 0.771. The van der Waals surface area contributed by atoms with Gasteiger partial charge in [-0.3, -0.25) is 4.79 Å². The van der Waals surface area contributed by atoms with Crippen LogP contribution in [0.2, 0.25) is 0 Å². The molecule has 4 nitrogen and oxygen atoms in total. The maximum Gasteiger partial charge on any atom is 0.252 e. The van der Waals surface area contributed by atoms with E-state index in [1.807, 2.05) is 24.3 Å². The van der Waals surface area contributed by atoms with Crippen molar-refractivity contribution < 1.29 is 14.3 Å². The number of para-hydroxylation sites is 1. The number of carbonyl (C=O) groups is 1. The molecule has 1 amide bonds. The number of amides is 1. The van der Waals surface area contributed by atoms with Crippen molar-refractivity contribution in [1.82, 2.24) is 5.32 Å². The first-order valence-corrected chi connectivity index (χ1v) is 9.17. The van der Waals surface area contributed by atoms with Gasteiger partial charge in [0, 0.05) is 22.0 Å². The van der Waals surface area contributed by atoms with Crippen LogP contribution in [0.15, 0.2) is 46.9 Å². The molecule has 0 spiro atoms. The third kappa shape index (κ3) is 4.59. The first kappa shape index (κ1) is 18.3. The summed E-state index contributed by atoms with van der Waals surface area (Å²) in [6.07, 6.45) is 0.868. The largest absolute Gasteiger partial charge is 0.483 e. The van der Waals surface area contributed by atoms with Crippen molar-refractivity contribution in [3.05, 3.63) is 58.1 Å². The minimum absolute atomic E-state index is 0.149. The van der Waals surface area contributed by atoms with E-state index >= 15 is 0 Å². The maximum atomic E-state index is 12.0. The molecule has 0 aliphatic carbocycles. The molecule has 1 heterocycles. The SMILES string of the molecule is CC1(C)Cc2cccc(OCC#CCNC(=O)c3ccc(Br)cc3)c2O1. The molecule has 1 aliphatic rings. The number of carbonyl (C=O) groups excluding carboxylic acids is 1. The molecule has 26 heavy (non-hydrogen) atoms. The summed E-state index contributed by atoms with van der Waals surface area (Å²) in [6, 6.07) is 13.1. The van der Waals surface area contributed by atoms with Crippen molar-refractivity contribution in [2.24, 2.45) is 0 Å². The molecule has 0 saturated heterocycles. The number of fused-ring (bicyclic) bond motifs is 1. The van der Waals surface area contributed by atoms with E-state index in [-0.39, 0.29) is 24.7 Å². The van der Waals surface area contributed by atoms with Gasteiger partial charge >= 0.3 is 0 Å². The molecule has 2 aromatic carbocycles. The highest BCUT2D eigenvalue weighted by Gasteiger charge is 2.32. The van der Waals surface area contributed by atoms with Gasteiger partial charge in [0.25, 0.3) is 5.91 Å². The third-order valence-electron chi connectivity index (χ3n) is 3.92. The fourth-order valence-corrected chi connectivity index (χ4v) is 3.02. The Kier molecular flexibility index (Phi) is 5.53. The molecule has 0 aromatic heterocycles. The Morgan fingerprint density at radius 1 is 1.23 bits per heavy atom. The minimum Gasteiger partial charge on any atom is -0.483 e. The van der Waals surface area contributed by atoms with Crippen molar-refractivity contribution in [1.29, 1.82) is 0 Å². The van der Waals surface area contributed by atoms with Gasteiger partial charge < -0.3 is 14.8 Å². The number of halogens is 1. The summed E-state index contributed by atoms with van der Waals surface area (Å²) >= 11 is 3.34. The number of ether oxygens (including phenoxy) is 2. The molecule has 1 aliphatic heterocycles. The predicted octanol–water partition coefficient (Wildman–Crippen LogP) is 3.97. The molecule has 0 bridgehead atoms. The van der Waals surface area contributed by atoms with Gasteiger partial charge in [-0.15, -0.1) is 0 Å². The van der Waals surface area contributed by atoms with Crippen LogP contribution in [0, 0.1) is 11.8 Å². The average Bonchev–Trinajstić information content (AvgIpc) is 2.93. The van der Waals surface area contributed by atoms with Crippen molar-refractivity contribution >= 4 is 21.8 Å². The van der Waals surface area contributed by atoms with Gasteiger partial charge in [0.2, 0.25) is 0 Å². The monoisotopic (exact) mass is 413 g/mol. The van der Waals surface area contributed by atoms with E-state index < -0.39 is 0 Å². The van der Waals surface area contributed by atoms with Gasteiger partial charge in [-0.2, -0.15) is 0 Å². The summed E-state index contributed by atoms with van der Waals surface area (Å²) in [4.78, 5) is 12.0. The Balaban J connectivity index is 1.48. The van der Waals surface area contributed by atoms with Gasteiger partial charge in [0.1, 0.15) is 12.2 Å². The van der Waals surface area contributed by atoms with Crippen LogP contribution in [0.3, 0.4) is 0 Å². The topological polar surface area (TPSA) is 47.6 Å². The number of hydrogen-bond donors (Lipinski definition) is 1. The van der Waals surface area contributed by atoms with Gasteiger partial charge in [0.15, 0.2) is 11.5 Å². The average molecular weight is 414 g/mol. The first-order chi connectivity index (χ1) is 12.4. The molecule has 2 aromatic rings. The van der Waals surface area contributed by atoms with Gasteiger partial charge in [-0.05, 0) is 44.2 Å². The van der Waals surface area contributed by atoms with E-state index in [1.54, 1.807) is 12.1 Å². The van der Waals surface area contributed by atoms with Gasteiger partial charge in [0.05, 0.1) is 6.54 Å². The Morgan fingerprint density at radius 2 is 2.00 bits per heavy atom. The molecule has 0 saturated carbocycles. The molecule has 0 atom stereocenters. The van der Waals surface area contributed by atoms with Crippen molar-refractivity contribution in [2.45, 2.75) is 25.9 Å². The second kappa shape index (κ2) is 7.84. The van der Waals surface area contributed by atoms with Crippen molar-refractivity contribution in [3.8, 4) is 23.3 Å². The predicted molar refractivity (Wildman–Crippen MR) is 105 cm³/mol. The van der Waals surface area contributed by atoms with Crippen molar-refractivity contribution in [2.75, 3.05) is 13.2 Å². The zero-order valence-corrected chi connectivity index (χ0v) is 16.4. The van der Waals surface area contributed by atoms with Crippen LogP contribution < -0.4 is 14.8 Å². The van der Waals surface area contributed by atoms with E-state index in [4.69, 9.17) is 9.47 Å². The van der Waals surface area contributed by atoms with Crippen LogP contribution in [-0.2, 0) is 6.42 Å². The van der Waals surface area contributed by atoms with Crippen LogP contribution in [0.25, 0.3) is 0 Å². The Labute approximate surface area is 162 Å². The summed E-state index contributed by atoms with van der Waals surface area (Å²) in [5.74, 6) is 7.18. The molecular formula is C21H20BrNO3. The molecule has 134 valence electrons. The van der Waals surface area contributed by atoms with E-state index in [1.165, 1.54) is 0 Å². The molecule has 1 N–H and O–H groups in total. The molecule has 3 rings (SSSR count). The second-order valence-corrected chi connectivity index (χ2v) is 7.53. The summed E-state index contributed by atoms with van der Waals surface area (Å²) in [7, 11) is 0. The lowest BCUT2D eigenvalue weighted by Crippen LogP contribution is -2.24. The summed E-state index contributed by atoms with van der Waals surface area (Å²) in [6.45, 7) is 4.64. The zero-order chi connectivity index (χ0) is 18.6. The lowest BCUT2D eigenvalue weighted by molar-refractivity contribution is 0.0958. The summed E-state index contributed by atoms with van der Waals surface area (Å²) in [5, 5.41) is 2.76. The fraction of sp³-hybridized carbons (Fsp3) is 0.286. The molecule has 0 unspecified atom stereocenters. The van der Waals surface area contributed by atoms with Crippen LogP contribution >= 0.6 is 15.9 Å². The van der Waals surface area contributed by atoms with Crippen LogP contribution in [0.1, 0.15) is 29.8 Å². The summed E-state index contributed by atoms with van der Waals surface area (Å²) in [5.41, 5.74) is 1.55. The lowest BCUT2D eigenvalue weighted by Gasteiger charge is -2.17. The minimum atomic E-state index is -0.204. The molecule has 0 radical (unpaired) electrons. The van der Waals surface area contributed by atoms with Crippen molar-refractivity contribution in [3.63, 3.8) is 0 Å². The number of nitrogens with one attached hydrogen (secondary N) is 1. The fourth-order valence-electron chi connectivity index (χ4n) is 2.76. The highest BCUT2D eigenvalue weighted by Crippen LogP contribution is 2.41. The van der Waals surface area contributed by atoms with E-state index in [0.29, 0.717) is 11.3 Å². The van der Waals surface area contributed by atoms with E-state index in [0.717, 1.165) is 22.2 Å². The van der Waals surface area contributed by atoms with Crippen LogP contribution in [-0.4, -0.2) is 24.7 Å². The zero-order valence-electron chi connectivity index (χ0n) is 14.8. The summed E-state index contributed by atoms with van der Waals surface area (Å²) < 4.78 is 12.6. The molecule has 0 fully saturated rings. The standard InChI is InChI=1S/C21H20BrNO3/c1-21(2)14-16-6-5-7-18(19(16)26-21)25-13-4-3-12-23-20(24)15-8-10-17(22)11-9-15/h5-11H,12-14H2,1-2H3,(H,23,24). The number of hydrogen-bond acceptors (Lipinski definition) is 3. The second-order valence-electron chi connectivity index (χ2n) is 6.61. The van der Waals surface area contributed by atoms with Gasteiger partial charge in [-0.25, -0.2) is 0 Å². The highest BCUT2D eigenvalue weighted by molar-refractivity contribution is 9.10. The normalized spacial score (nSPS) is 13.8. The smallest absolute Gasteiger partial charge is 0.252 e. The van der Waals surface area contributed by atoms with E-state index in [2.05, 4.69) is 53.0 Å². The Hall–Kier alpha value is -2.45. The lowest BCUT2D eigenvalue weighted by atomic mass is 10.0. The number of rotatable bonds is 4. The van der Waals surface area contributed by atoms with Crippen LogP contribution in [0.5, 0.6) is 11.5 Å². The third-order valence-corrected chi connectivity index (χ3v) is 4.45. The molecule has 5 heteroatoms. The Morgan fingerprint density at radius 3 is 2.77 bits per heavy atom. The first-order valence-electron chi connectivity index (χ1n) is 8.38.